The summed E-state index contributed by atoms with van der Waals surface area (Å²) in [6.07, 6.45) is 9.72. The molecule has 1 saturated heterocycles. The maximum absolute atomic E-state index is 13.0. The third kappa shape index (κ3) is 5.56. The third-order valence-corrected chi connectivity index (χ3v) is 11.8. The molecule has 1 amide bonds. The van der Waals surface area contributed by atoms with Gasteiger partial charge in [-0.3, -0.25) is 9.59 Å². The number of esters is 1. The minimum atomic E-state index is -0.126. The van der Waals surface area contributed by atoms with E-state index >= 15 is 0 Å². The van der Waals surface area contributed by atoms with E-state index < -0.39 is 0 Å². The van der Waals surface area contributed by atoms with Gasteiger partial charge in [0.15, 0.2) is 0 Å². The monoisotopic (exact) mass is 576 g/mol. The molecule has 1 aliphatic heterocycles. The van der Waals surface area contributed by atoms with Crippen molar-refractivity contribution in [2.45, 2.75) is 96.6 Å². The summed E-state index contributed by atoms with van der Waals surface area (Å²) in [6, 6.07) is 8.11. The van der Waals surface area contributed by atoms with Crippen LogP contribution in [0.3, 0.4) is 0 Å². The van der Waals surface area contributed by atoms with Crippen LogP contribution in [-0.2, 0) is 20.7 Å². The Bertz CT molecular complexity index is 1040. The molecule has 1 aromatic carbocycles. The second-order valence-corrected chi connectivity index (χ2v) is 14.3. The van der Waals surface area contributed by atoms with Crippen molar-refractivity contribution in [3.63, 3.8) is 0 Å². The highest BCUT2D eigenvalue weighted by atomic mass is 35.5. The van der Waals surface area contributed by atoms with Crippen molar-refractivity contribution in [3.8, 4) is 0 Å². The number of nitrogens with zero attached hydrogens (tertiary/aromatic N) is 1. The van der Waals surface area contributed by atoms with Crippen LogP contribution in [0.25, 0.3) is 0 Å². The van der Waals surface area contributed by atoms with Gasteiger partial charge in [0, 0.05) is 42.5 Å². The van der Waals surface area contributed by atoms with E-state index in [0.29, 0.717) is 42.4 Å². The molecule has 39 heavy (non-hydrogen) atoms. The Hall–Kier alpha value is -1.46. The number of rotatable bonds is 8. The average molecular weight is 578 g/mol. The number of hydrogen-bond acceptors (Lipinski definition) is 4. The van der Waals surface area contributed by atoms with Gasteiger partial charge < -0.3 is 15.0 Å². The lowest BCUT2D eigenvalue weighted by molar-refractivity contribution is -0.183. The fraction of sp³-hybridized carbons (Fsp3) is 0.750. The lowest BCUT2D eigenvalue weighted by Gasteiger charge is -2.66. The van der Waals surface area contributed by atoms with Gasteiger partial charge in [-0.05, 0) is 105 Å². The Kier molecular flexibility index (Phi) is 8.51. The third-order valence-electron chi connectivity index (χ3n) is 11.5. The van der Waals surface area contributed by atoms with Gasteiger partial charge in [0.05, 0.1) is 6.42 Å². The Morgan fingerprint density at radius 3 is 2.38 bits per heavy atom. The van der Waals surface area contributed by atoms with Crippen LogP contribution in [0.15, 0.2) is 24.3 Å². The topological polar surface area (TPSA) is 58.6 Å². The highest BCUT2D eigenvalue weighted by molar-refractivity contribution is 6.18. The molecule has 7 atom stereocenters. The summed E-state index contributed by atoms with van der Waals surface area (Å²) in [7, 11) is 0. The lowest BCUT2D eigenvalue weighted by atomic mass is 9.40. The molecule has 4 aliphatic rings. The maximum Gasteiger partial charge on any atom is 0.310 e. The van der Waals surface area contributed by atoms with Crippen molar-refractivity contribution in [2.24, 2.45) is 28.6 Å². The van der Waals surface area contributed by atoms with Gasteiger partial charge in [-0.2, -0.15) is 0 Å². The number of anilines is 1. The van der Waals surface area contributed by atoms with Crippen molar-refractivity contribution in [1.82, 2.24) is 5.32 Å². The molecule has 3 aliphatic carbocycles. The number of carbonyl (C=O) groups excluding carboxylic acids is 2. The number of amides is 1. The maximum atomic E-state index is 13.0. The second kappa shape index (κ2) is 11.4. The lowest BCUT2D eigenvalue weighted by Crippen LogP contribution is -2.65. The van der Waals surface area contributed by atoms with Crippen LogP contribution >= 0.6 is 23.2 Å². The summed E-state index contributed by atoms with van der Waals surface area (Å²) >= 11 is 11.9. The quantitative estimate of drug-likeness (QED) is 0.275. The number of hydrogen-bond donors (Lipinski definition) is 1. The number of halogens is 2. The predicted molar refractivity (Wildman–Crippen MR) is 158 cm³/mol. The average Bonchev–Trinajstić information content (AvgIpc) is 2.89. The Morgan fingerprint density at radius 2 is 1.69 bits per heavy atom. The molecule has 1 aromatic rings. The Morgan fingerprint density at radius 1 is 0.974 bits per heavy atom. The van der Waals surface area contributed by atoms with Crippen molar-refractivity contribution < 1.29 is 14.3 Å². The summed E-state index contributed by atoms with van der Waals surface area (Å²) in [5, 5.41) is 3.38. The highest BCUT2D eigenvalue weighted by Crippen LogP contribution is 2.67. The van der Waals surface area contributed by atoms with Gasteiger partial charge in [-0.15, -0.1) is 23.2 Å². The SMILES string of the molecule is C[C@]12CC[C@H]3[C@@H]4CCC(=O)N[C@]4(C)CC[C@@H]3[C@]1(C)CC[C@H](OC(=O)Cc1ccc(N(CCCl)CCCl)cc1)C2. The molecule has 0 unspecified atom stereocenters. The smallest absolute Gasteiger partial charge is 0.310 e. The van der Waals surface area contributed by atoms with Crippen LogP contribution in [0.4, 0.5) is 5.69 Å². The van der Waals surface area contributed by atoms with Gasteiger partial charge in [0.1, 0.15) is 6.10 Å². The molecule has 1 N–H and O–H groups in total. The molecule has 7 heteroatoms. The molecule has 0 aromatic heterocycles. The predicted octanol–water partition coefficient (Wildman–Crippen LogP) is 6.73. The summed E-state index contributed by atoms with van der Waals surface area (Å²) in [5.74, 6) is 3.17. The zero-order valence-corrected chi connectivity index (χ0v) is 25.5. The van der Waals surface area contributed by atoms with Crippen LogP contribution in [-0.4, -0.2) is 48.4 Å². The summed E-state index contributed by atoms with van der Waals surface area (Å²) in [5.41, 5.74) is 2.45. The van der Waals surface area contributed by atoms with Crippen molar-refractivity contribution in [1.29, 1.82) is 0 Å². The summed E-state index contributed by atoms with van der Waals surface area (Å²) in [6.45, 7) is 8.78. The molecule has 216 valence electrons. The molecular weight excluding hydrogens is 531 g/mol. The number of fused-ring (bicyclic) bond motifs is 5. The van der Waals surface area contributed by atoms with Gasteiger partial charge in [0.2, 0.25) is 5.91 Å². The van der Waals surface area contributed by atoms with Crippen LogP contribution in [0.1, 0.15) is 84.1 Å². The van der Waals surface area contributed by atoms with E-state index in [-0.39, 0.29) is 34.3 Å². The number of carbonyl (C=O) groups is 2. The summed E-state index contributed by atoms with van der Waals surface area (Å²) < 4.78 is 6.13. The van der Waals surface area contributed by atoms with Crippen molar-refractivity contribution >= 4 is 40.8 Å². The van der Waals surface area contributed by atoms with Crippen LogP contribution in [0.5, 0.6) is 0 Å². The standard InChI is InChI=1S/C32H46Cl2N2O3/c1-30-13-11-25-26(12-15-32(3)27(25)8-9-28(37)35-32)31(30,2)14-10-24(21-30)39-29(38)20-22-4-6-23(7-5-22)36(18-16-33)19-17-34/h4-7,24-27H,8-21H2,1-3H3,(H,35,37)/t24-,25+,26-,27-,30+,31-,32+/m0/s1. The minimum Gasteiger partial charge on any atom is -0.462 e. The first-order chi connectivity index (χ1) is 18.6. The fourth-order valence-electron chi connectivity index (χ4n) is 9.16. The van der Waals surface area contributed by atoms with Crippen LogP contribution < -0.4 is 10.2 Å². The first kappa shape index (κ1) is 29.0. The van der Waals surface area contributed by atoms with E-state index in [9.17, 15) is 9.59 Å². The van der Waals surface area contributed by atoms with Crippen molar-refractivity contribution in [2.75, 3.05) is 29.7 Å². The van der Waals surface area contributed by atoms with Gasteiger partial charge in [0.25, 0.3) is 0 Å². The molecule has 5 nitrogen and oxygen atoms in total. The molecule has 1 heterocycles. The van der Waals surface area contributed by atoms with Gasteiger partial charge >= 0.3 is 5.97 Å². The molecule has 3 saturated carbocycles. The van der Waals surface area contributed by atoms with E-state index in [1.54, 1.807) is 0 Å². The van der Waals surface area contributed by atoms with E-state index in [1.165, 1.54) is 19.3 Å². The number of benzene rings is 1. The van der Waals surface area contributed by atoms with Crippen molar-refractivity contribution in [3.05, 3.63) is 29.8 Å². The second-order valence-electron chi connectivity index (χ2n) is 13.5. The van der Waals surface area contributed by atoms with Gasteiger partial charge in [-0.1, -0.05) is 26.0 Å². The number of nitrogens with one attached hydrogen (secondary N) is 1. The molecule has 5 rings (SSSR count). The minimum absolute atomic E-state index is 0.00263. The molecule has 0 radical (unpaired) electrons. The van der Waals surface area contributed by atoms with Crippen LogP contribution in [0, 0.1) is 28.6 Å². The highest BCUT2D eigenvalue weighted by Gasteiger charge is 2.62. The normalized spacial score (nSPS) is 37.6. The molecule has 0 spiro atoms. The van der Waals surface area contributed by atoms with E-state index in [2.05, 4.69) is 31.0 Å². The van der Waals surface area contributed by atoms with Gasteiger partial charge in [-0.25, -0.2) is 0 Å². The number of ether oxygens (including phenoxy) is 1. The summed E-state index contributed by atoms with van der Waals surface area (Å²) in [4.78, 5) is 27.3. The van der Waals surface area contributed by atoms with E-state index in [1.807, 2.05) is 24.3 Å². The first-order valence-corrected chi connectivity index (χ1v) is 16.1. The molecule has 4 fully saturated rings. The fourth-order valence-corrected chi connectivity index (χ4v) is 9.56. The number of piperidine rings is 1. The Balaban J connectivity index is 1.19. The van der Waals surface area contributed by atoms with E-state index in [4.69, 9.17) is 27.9 Å². The Labute approximate surface area is 244 Å². The zero-order valence-electron chi connectivity index (χ0n) is 23.9. The molecular formula is C32H46Cl2N2O3. The largest absolute Gasteiger partial charge is 0.462 e. The van der Waals surface area contributed by atoms with Crippen LogP contribution in [0.2, 0.25) is 0 Å². The molecule has 0 bridgehead atoms. The first-order valence-electron chi connectivity index (χ1n) is 15.1. The zero-order chi connectivity index (χ0) is 27.8. The van der Waals surface area contributed by atoms with E-state index in [0.717, 1.165) is 56.4 Å². The number of alkyl halides is 2.